The van der Waals surface area contributed by atoms with Gasteiger partial charge in [0.05, 0.1) is 17.0 Å². The molecule has 0 spiro atoms. The highest BCUT2D eigenvalue weighted by molar-refractivity contribution is 6.02. The van der Waals surface area contributed by atoms with E-state index in [1.165, 1.54) is 43.4 Å². The maximum absolute atomic E-state index is 13.1. The number of nitriles is 1. The summed E-state index contributed by atoms with van der Waals surface area (Å²) < 4.78 is 6.63. The molecule has 1 atom stereocenters. The number of amides is 3. The number of hydrogen-bond acceptors (Lipinski definition) is 8. The molecule has 300 valence electrons. The number of rotatable bonds is 11. The molecule has 7 fully saturated rings. The lowest BCUT2D eigenvalue weighted by molar-refractivity contribution is -0.223. The molecule has 0 radical (unpaired) electrons. The summed E-state index contributed by atoms with van der Waals surface area (Å²) in [6.07, 6.45) is 9.84. The summed E-state index contributed by atoms with van der Waals surface area (Å²) in [5.41, 5.74) is 5.07. The second-order valence-corrected chi connectivity index (χ2v) is 19.8. The summed E-state index contributed by atoms with van der Waals surface area (Å²) in [6, 6.07) is 15.2. The maximum atomic E-state index is 13.1. The SMILES string of the molecule is Cc1cc(O[C@H]2C(C)(C)[C@H](NCc3ccc(N4CCC(CC5CCN(C67CC(C(=O)NC8CCC(=O)NC8=O)(C6)C7)CC5)CC4)cc3)C2(C)C)cc(C)c1C#N. The zero-order chi connectivity index (χ0) is 39.6. The van der Waals surface area contributed by atoms with Crippen molar-refractivity contribution in [3.8, 4) is 11.8 Å². The predicted octanol–water partition coefficient (Wildman–Crippen LogP) is 6.31. The van der Waals surface area contributed by atoms with E-state index in [1.54, 1.807) is 0 Å². The monoisotopic (exact) mass is 762 g/mol. The highest BCUT2D eigenvalue weighted by Gasteiger charge is 2.73. The van der Waals surface area contributed by atoms with Gasteiger partial charge in [-0.05, 0) is 138 Å². The molecule has 4 aliphatic carbocycles. The Labute approximate surface area is 333 Å². The van der Waals surface area contributed by atoms with E-state index in [0.717, 1.165) is 86.3 Å². The maximum Gasteiger partial charge on any atom is 0.249 e. The smallest absolute Gasteiger partial charge is 0.249 e. The molecule has 10 nitrogen and oxygen atoms in total. The minimum absolute atomic E-state index is 0.00743. The van der Waals surface area contributed by atoms with Gasteiger partial charge >= 0.3 is 0 Å². The molecule has 3 N–H and O–H groups in total. The molecule has 9 rings (SSSR count). The van der Waals surface area contributed by atoms with E-state index in [0.29, 0.717) is 12.5 Å². The first-order chi connectivity index (χ1) is 26.6. The van der Waals surface area contributed by atoms with Crippen molar-refractivity contribution in [2.45, 2.75) is 136 Å². The van der Waals surface area contributed by atoms with E-state index < -0.39 is 6.04 Å². The quantitative estimate of drug-likeness (QED) is 0.228. The molecule has 2 bridgehead atoms. The Morgan fingerprint density at radius 3 is 2.05 bits per heavy atom. The van der Waals surface area contributed by atoms with E-state index in [4.69, 9.17) is 4.74 Å². The van der Waals surface area contributed by atoms with Crippen LogP contribution >= 0.6 is 0 Å². The van der Waals surface area contributed by atoms with Crippen LogP contribution in [0.5, 0.6) is 5.75 Å². The summed E-state index contributed by atoms with van der Waals surface area (Å²) in [7, 11) is 0. The summed E-state index contributed by atoms with van der Waals surface area (Å²) in [6.45, 7) is 18.5. The second kappa shape index (κ2) is 14.5. The fourth-order valence-electron chi connectivity index (χ4n) is 12.3. The molecule has 0 aromatic heterocycles. The normalized spacial score (nSPS) is 31.3. The van der Waals surface area contributed by atoms with Gasteiger partial charge in [0, 0.05) is 54.2 Å². The number of ether oxygens (including phenoxy) is 1. The van der Waals surface area contributed by atoms with Crippen LogP contribution in [0.1, 0.15) is 114 Å². The zero-order valence-corrected chi connectivity index (χ0v) is 34.4. The number of likely N-dealkylation sites (tertiary alicyclic amines) is 1. The number of nitrogens with one attached hydrogen (secondary N) is 3. The van der Waals surface area contributed by atoms with Gasteiger partial charge in [-0.15, -0.1) is 0 Å². The first-order valence-corrected chi connectivity index (χ1v) is 21.3. The topological polar surface area (TPSA) is 127 Å². The Hall–Kier alpha value is -3.94. The van der Waals surface area contributed by atoms with Gasteiger partial charge < -0.3 is 20.3 Å². The first-order valence-electron chi connectivity index (χ1n) is 21.3. The molecule has 56 heavy (non-hydrogen) atoms. The van der Waals surface area contributed by atoms with Gasteiger partial charge in [0.1, 0.15) is 17.9 Å². The Morgan fingerprint density at radius 2 is 1.48 bits per heavy atom. The van der Waals surface area contributed by atoms with Crippen molar-refractivity contribution in [3.05, 3.63) is 58.7 Å². The van der Waals surface area contributed by atoms with E-state index in [2.05, 4.69) is 83.8 Å². The molecule has 7 aliphatic rings. The summed E-state index contributed by atoms with van der Waals surface area (Å²) >= 11 is 0. The number of nitrogens with zero attached hydrogens (tertiary/aromatic N) is 3. The Bertz CT molecular complexity index is 1840. The molecule has 10 heteroatoms. The van der Waals surface area contributed by atoms with Gasteiger partial charge in [-0.1, -0.05) is 39.8 Å². The van der Waals surface area contributed by atoms with Crippen molar-refractivity contribution in [1.29, 1.82) is 5.26 Å². The third-order valence-electron chi connectivity index (χ3n) is 15.1. The molecule has 3 saturated heterocycles. The Kier molecular flexibility index (Phi) is 10.0. The molecule has 2 aromatic carbocycles. The van der Waals surface area contributed by atoms with Crippen molar-refractivity contribution < 1.29 is 19.1 Å². The molecule has 4 saturated carbocycles. The van der Waals surface area contributed by atoms with Crippen molar-refractivity contribution in [3.63, 3.8) is 0 Å². The third-order valence-corrected chi connectivity index (χ3v) is 15.1. The lowest BCUT2D eigenvalue weighted by Crippen LogP contribution is -2.79. The van der Waals surface area contributed by atoms with Crippen LogP contribution in [-0.4, -0.2) is 72.5 Å². The van der Waals surface area contributed by atoms with Crippen LogP contribution in [0.25, 0.3) is 0 Å². The fourth-order valence-corrected chi connectivity index (χ4v) is 12.3. The summed E-state index contributed by atoms with van der Waals surface area (Å²) in [4.78, 5) is 41.9. The minimum atomic E-state index is -0.576. The highest BCUT2D eigenvalue weighted by Crippen LogP contribution is 2.70. The van der Waals surface area contributed by atoms with Crippen molar-refractivity contribution in [1.82, 2.24) is 20.9 Å². The van der Waals surface area contributed by atoms with Crippen LogP contribution in [0.15, 0.2) is 36.4 Å². The summed E-state index contributed by atoms with van der Waals surface area (Å²) in [5, 5.41) is 18.7. The number of benzene rings is 2. The van der Waals surface area contributed by atoms with Crippen LogP contribution in [0.4, 0.5) is 5.69 Å². The van der Waals surface area contributed by atoms with Gasteiger partial charge in [-0.25, -0.2) is 0 Å². The molecule has 3 amide bonds. The van der Waals surface area contributed by atoms with E-state index in [9.17, 15) is 19.6 Å². The molecule has 3 aliphatic heterocycles. The van der Waals surface area contributed by atoms with Gasteiger partial charge in [-0.2, -0.15) is 5.26 Å². The van der Waals surface area contributed by atoms with E-state index >= 15 is 0 Å². The number of hydrogen-bond donors (Lipinski definition) is 3. The van der Waals surface area contributed by atoms with Crippen molar-refractivity contribution >= 4 is 23.4 Å². The van der Waals surface area contributed by atoms with Crippen molar-refractivity contribution in [2.24, 2.45) is 28.1 Å². The Morgan fingerprint density at radius 1 is 0.893 bits per heavy atom. The molecule has 2 aromatic rings. The van der Waals surface area contributed by atoms with Crippen molar-refractivity contribution in [2.75, 3.05) is 31.1 Å². The molecular weight excluding hydrogens is 701 g/mol. The Balaban J connectivity index is 0.742. The minimum Gasteiger partial charge on any atom is -0.489 e. The second-order valence-electron chi connectivity index (χ2n) is 19.8. The molecular formula is C46H62N6O4. The van der Waals surface area contributed by atoms with Gasteiger partial charge in [-0.3, -0.25) is 24.6 Å². The predicted molar refractivity (Wildman–Crippen MR) is 217 cm³/mol. The lowest BCUT2D eigenvalue weighted by atomic mass is 9.38. The van der Waals surface area contributed by atoms with Crippen LogP contribution in [0.2, 0.25) is 0 Å². The summed E-state index contributed by atoms with van der Waals surface area (Å²) in [5.74, 6) is 1.83. The fraction of sp³-hybridized carbons (Fsp3) is 0.652. The van der Waals surface area contributed by atoms with E-state index in [1.807, 2.05) is 26.0 Å². The number of carbonyl (C=O) groups excluding carboxylic acids is 3. The highest BCUT2D eigenvalue weighted by atomic mass is 16.5. The number of imide groups is 1. The average Bonchev–Trinajstić information content (AvgIpc) is 3.12. The number of anilines is 1. The van der Waals surface area contributed by atoms with Crippen LogP contribution in [-0.2, 0) is 20.9 Å². The zero-order valence-electron chi connectivity index (χ0n) is 34.4. The third kappa shape index (κ3) is 6.91. The van der Waals surface area contributed by atoms with Crippen LogP contribution in [0.3, 0.4) is 0 Å². The largest absolute Gasteiger partial charge is 0.489 e. The van der Waals surface area contributed by atoms with E-state index in [-0.39, 0.29) is 52.0 Å². The van der Waals surface area contributed by atoms with Gasteiger partial charge in [0.15, 0.2) is 0 Å². The standard InChI is InChI=1S/C46H62N6O4/c1-29-21-35(22-30(2)36(29)24-47)56-41-43(3,4)40(44(41,5)6)48-25-33-7-9-34(10-8-33)51-17-13-31(14-18-51)23-32-15-19-52(20-16-32)46-26-45(27-46,28-46)42(55)49-37-11-12-38(53)50-39(37)54/h7-10,21-22,31-32,37,40-41,48H,11-20,23,25-28H2,1-6H3,(H,49,55)(H,50,53,54)/t37?,40-,41-,45?,46?. The number of piperidine rings is 3. The van der Waals surface area contributed by atoms with Crippen LogP contribution in [0, 0.1) is 53.3 Å². The van der Waals surface area contributed by atoms with Gasteiger partial charge in [0.2, 0.25) is 17.7 Å². The number of aryl methyl sites for hydroxylation is 2. The van der Waals surface area contributed by atoms with Gasteiger partial charge in [0.25, 0.3) is 0 Å². The molecule has 1 unspecified atom stereocenters. The molecule has 3 heterocycles. The average molecular weight is 763 g/mol. The lowest BCUT2D eigenvalue weighted by Gasteiger charge is -2.73. The first kappa shape index (κ1) is 38.9. The number of carbonyl (C=O) groups is 3. The van der Waals surface area contributed by atoms with Crippen LogP contribution < -0.4 is 25.6 Å².